The molecule has 1 aromatic heterocycles. The van der Waals surface area contributed by atoms with E-state index in [0.29, 0.717) is 18.8 Å². The summed E-state index contributed by atoms with van der Waals surface area (Å²) in [5.41, 5.74) is 0.00399. The number of hydrogen-bond donors (Lipinski definition) is 2. The second kappa shape index (κ2) is 6.45. The monoisotopic (exact) mass is 335 g/mol. The predicted molar refractivity (Wildman–Crippen MR) is 87.8 cm³/mol. The number of aromatic nitrogens is 1. The lowest BCUT2D eigenvalue weighted by atomic mass is 9.86. The molecule has 7 heteroatoms. The van der Waals surface area contributed by atoms with Crippen molar-refractivity contribution in [1.82, 2.24) is 10.1 Å². The quantitative estimate of drug-likeness (QED) is 0.885. The van der Waals surface area contributed by atoms with Gasteiger partial charge < -0.3 is 14.5 Å². The highest BCUT2D eigenvalue weighted by Gasteiger charge is 2.35. The van der Waals surface area contributed by atoms with Gasteiger partial charge in [0.1, 0.15) is 5.76 Å². The molecule has 2 amide bonds. The molecule has 1 saturated carbocycles. The molecule has 2 N–H and O–H groups in total. The number of likely N-dealkylation sites (tertiary alicyclic amines) is 1. The lowest BCUT2D eigenvalue weighted by Gasteiger charge is -2.34. The van der Waals surface area contributed by atoms with E-state index in [0.717, 1.165) is 18.6 Å². The highest BCUT2D eigenvalue weighted by Crippen LogP contribution is 2.41. The summed E-state index contributed by atoms with van der Waals surface area (Å²) in [5.74, 6) is 0.0109. The van der Waals surface area contributed by atoms with Crippen LogP contribution in [-0.4, -0.2) is 40.3 Å². The summed E-state index contributed by atoms with van der Waals surface area (Å²) >= 11 is 0. The van der Waals surface area contributed by atoms with Crippen LogP contribution in [0.3, 0.4) is 0 Å². The van der Waals surface area contributed by atoms with E-state index in [1.54, 1.807) is 11.0 Å². The van der Waals surface area contributed by atoms with Crippen molar-refractivity contribution in [2.45, 2.75) is 51.4 Å². The van der Waals surface area contributed by atoms with Crippen molar-refractivity contribution in [3.63, 3.8) is 0 Å². The van der Waals surface area contributed by atoms with Crippen LogP contribution in [0.4, 0.5) is 10.6 Å². The number of hydrogen-bond acceptors (Lipinski definition) is 4. The molecule has 2 unspecified atom stereocenters. The number of rotatable bonds is 3. The first-order valence-electron chi connectivity index (χ1n) is 8.63. The van der Waals surface area contributed by atoms with Crippen molar-refractivity contribution in [3.8, 4) is 0 Å². The van der Waals surface area contributed by atoms with E-state index < -0.39 is 11.9 Å². The molecular weight excluding hydrogens is 310 g/mol. The Hall–Kier alpha value is -2.05. The Morgan fingerprint density at radius 2 is 2.08 bits per heavy atom. The third-order valence-electron chi connectivity index (χ3n) is 5.34. The van der Waals surface area contributed by atoms with Crippen LogP contribution in [0.2, 0.25) is 0 Å². The van der Waals surface area contributed by atoms with Crippen LogP contribution in [-0.2, 0) is 10.2 Å². The summed E-state index contributed by atoms with van der Waals surface area (Å²) in [6.07, 6.45) is 5.10. The van der Waals surface area contributed by atoms with Crippen molar-refractivity contribution in [1.29, 1.82) is 0 Å². The van der Waals surface area contributed by atoms with Gasteiger partial charge in [0.15, 0.2) is 5.82 Å². The van der Waals surface area contributed by atoms with Gasteiger partial charge in [-0.1, -0.05) is 31.8 Å². The summed E-state index contributed by atoms with van der Waals surface area (Å²) in [4.78, 5) is 25.2. The molecule has 0 radical (unpaired) electrons. The highest BCUT2D eigenvalue weighted by atomic mass is 16.5. The first-order chi connectivity index (χ1) is 11.4. The number of carboxylic acids is 1. The minimum absolute atomic E-state index is 0.00399. The molecule has 1 saturated heterocycles. The smallest absolute Gasteiger partial charge is 0.323 e. The third-order valence-corrected chi connectivity index (χ3v) is 5.34. The summed E-state index contributed by atoms with van der Waals surface area (Å²) in [7, 11) is 0. The Labute approximate surface area is 141 Å². The Kier molecular flexibility index (Phi) is 4.51. The maximum Gasteiger partial charge on any atom is 0.323 e. The van der Waals surface area contributed by atoms with Gasteiger partial charge in [-0.2, -0.15) is 0 Å². The topological polar surface area (TPSA) is 95.7 Å². The fraction of sp³-hybridized carbons (Fsp3) is 0.706. The number of carbonyl (C=O) groups excluding carboxylic acids is 1. The van der Waals surface area contributed by atoms with Gasteiger partial charge in [-0.3, -0.25) is 10.1 Å². The van der Waals surface area contributed by atoms with E-state index in [1.807, 2.05) is 6.92 Å². The molecular formula is C17H25N3O4. The number of aliphatic carboxylic acids is 1. The Morgan fingerprint density at radius 3 is 2.75 bits per heavy atom. The molecule has 1 aliphatic heterocycles. The number of urea groups is 1. The van der Waals surface area contributed by atoms with E-state index in [1.165, 1.54) is 12.8 Å². The van der Waals surface area contributed by atoms with Gasteiger partial charge in [0, 0.05) is 24.6 Å². The molecule has 7 nitrogen and oxygen atoms in total. The number of piperidine rings is 1. The molecule has 0 bridgehead atoms. The average Bonchev–Trinajstić information content (AvgIpc) is 3.16. The van der Waals surface area contributed by atoms with Crippen LogP contribution in [0.15, 0.2) is 10.6 Å². The van der Waals surface area contributed by atoms with Crippen LogP contribution < -0.4 is 5.32 Å². The minimum Gasteiger partial charge on any atom is -0.481 e. The normalized spacial score (nSPS) is 26.3. The summed E-state index contributed by atoms with van der Waals surface area (Å²) in [6, 6.07) is 1.48. The van der Waals surface area contributed by atoms with Gasteiger partial charge in [0.2, 0.25) is 0 Å². The molecule has 132 valence electrons. The van der Waals surface area contributed by atoms with Crippen molar-refractivity contribution >= 4 is 17.8 Å². The Balaban J connectivity index is 1.64. The number of carboxylic acid groups (broad SMARTS) is 1. The molecule has 24 heavy (non-hydrogen) atoms. The molecule has 3 rings (SSSR count). The zero-order chi connectivity index (χ0) is 17.3. The van der Waals surface area contributed by atoms with Crippen molar-refractivity contribution in [2.75, 3.05) is 18.4 Å². The van der Waals surface area contributed by atoms with Crippen LogP contribution >= 0.6 is 0 Å². The fourth-order valence-electron chi connectivity index (χ4n) is 3.91. The molecule has 2 atom stereocenters. The lowest BCUT2D eigenvalue weighted by Crippen LogP contribution is -2.47. The van der Waals surface area contributed by atoms with Gasteiger partial charge in [0.05, 0.1) is 5.92 Å². The van der Waals surface area contributed by atoms with Crippen LogP contribution in [0.25, 0.3) is 0 Å². The van der Waals surface area contributed by atoms with Gasteiger partial charge in [-0.15, -0.1) is 0 Å². The van der Waals surface area contributed by atoms with Crippen LogP contribution in [0.1, 0.15) is 51.7 Å². The Morgan fingerprint density at radius 1 is 1.38 bits per heavy atom. The first-order valence-corrected chi connectivity index (χ1v) is 8.63. The average molecular weight is 335 g/mol. The van der Waals surface area contributed by atoms with Gasteiger partial charge in [-0.25, -0.2) is 4.79 Å². The van der Waals surface area contributed by atoms with Gasteiger partial charge in [0.25, 0.3) is 0 Å². The van der Waals surface area contributed by atoms with Crippen LogP contribution in [0.5, 0.6) is 0 Å². The van der Waals surface area contributed by atoms with Crippen molar-refractivity contribution in [3.05, 3.63) is 11.8 Å². The number of nitrogens with zero attached hydrogens (tertiary/aromatic N) is 2. The molecule has 2 fully saturated rings. The summed E-state index contributed by atoms with van der Waals surface area (Å²) < 4.78 is 5.44. The predicted octanol–water partition coefficient (Wildman–Crippen LogP) is 3.08. The molecule has 0 spiro atoms. The highest BCUT2D eigenvalue weighted by molar-refractivity contribution is 5.88. The van der Waals surface area contributed by atoms with E-state index >= 15 is 0 Å². The zero-order valence-corrected chi connectivity index (χ0v) is 14.2. The van der Waals surface area contributed by atoms with E-state index in [2.05, 4.69) is 17.4 Å². The molecule has 1 aromatic rings. The SMILES string of the molecule is CC1CC(C(=O)O)CN(C(=O)Nc2cc(C3(C)CCCC3)on2)C1. The molecule has 0 aromatic carbocycles. The lowest BCUT2D eigenvalue weighted by molar-refractivity contribution is -0.143. The fourth-order valence-corrected chi connectivity index (χ4v) is 3.91. The standard InChI is InChI=1S/C17H25N3O4/c1-11-7-12(15(21)22)10-20(9-11)16(23)18-14-8-13(24-19-14)17(2)5-3-4-6-17/h8,11-12H,3-7,9-10H2,1-2H3,(H,21,22)(H,18,19,23). The van der Waals surface area contributed by atoms with Gasteiger partial charge in [-0.05, 0) is 25.2 Å². The Bertz CT molecular complexity index is 621. The zero-order valence-electron chi connectivity index (χ0n) is 14.2. The van der Waals surface area contributed by atoms with E-state index in [9.17, 15) is 14.7 Å². The van der Waals surface area contributed by atoms with Crippen LogP contribution in [0, 0.1) is 11.8 Å². The molecule has 1 aliphatic carbocycles. The van der Waals surface area contributed by atoms with E-state index in [4.69, 9.17) is 4.52 Å². The molecule has 2 heterocycles. The number of carbonyl (C=O) groups is 2. The number of amides is 2. The van der Waals surface area contributed by atoms with E-state index in [-0.39, 0.29) is 23.9 Å². The summed E-state index contributed by atoms with van der Waals surface area (Å²) in [6.45, 7) is 4.91. The minimum atomic E-state index is -0.850. The second-order valence-corrected chi connectivity index (χ2v) is 7.56. The van der Waals surface area contributed by atoms with Crippen molar-refractivity contribution in [2.24, 2.45) is 11.8 Å². The van der Waals surface area contributed by atoms with Gasteiger partial charge >= 0.3 is 12.0 Å². The first kappa shape index (κ1) is 16.8. The second-order valence-electron chi connectivity index (χ2n) is 7.56. The third kappa shape index (κ3) is 3.39. The maximum absolute atomic E-state index is 12.4. The number of anilines is 1. The van der Waals surface area contributed by atoms with Crippen molar-refractivity contribution < 1.29 is 19.2 Å². The maximum atomic E-state index is 12.4. The number of nitrogens with one attached hydrogen (secondary N) is 1. The largest absolute Gasteiger partial charge is 0.481 e. The summed E-state index contributed by atoms with van der Waals surface area (Å²) in [5, 5.41) is 15.9. The molecule has 2 aliphatic rings.